The number of aromatic nitrogens is 5. The van der Waals surface area contributed by atoms with E-state index in [1.807, 2.05) is 44.2 Å². The highest BCUT2D eigenvalue weighted by Crippen LogP contribution is 2.29. The number of aromatic amines is 1. The molecule has 1 aliphatic heterocycles. The maximum absolute atomic E-state index is 13.8. The summed E-state index contributed by atoms with van der Waals surface area (Å²) in [6.07, 6.45) is 1.56. The largest absolute Gasteiger partial charge is 0.493 e. The molecule has 1 atom stereocenters. The van der Waals surface area contributed by atoms with Crippen molar-refractivity contribution < 1.29 is 23.9 Å². The Bertz CT molecular complexity index is 1900. The van der Waals surface area contributed by atoms with Crippen molar-refractivity contribution >= 4 is 28.8 Å². The van der Waals surface area contributed by atoms with E-state index < -0.39 is 6.04 Å². The zero-order chi connectivity index (χ0) is 32.9. The van der Waals surface area contributed by atoms with Gasteiger partial charge >= 0.3 is 0 Å². The van der Waals surface area contributed by atoms with Crippen molar-refractivity contribution in [2.75, 3.05) is 33.4 Å². The van der Waals surface area contributed by atoms with Crippen molar-refractivity contribution in [1.82, 2.24) is 40.3 Å². The average Bonchev–Trinajstić information content (AvgIpc) is 3.73. The number of nitrogens with zero attached hydrogens (tertiary/aromatic N) is 5. The standard InChI is InChI=1S/C34H36N8O5/c1-21(2)30-32-39-31(22-7-5-4-6-8-22)40-42(32)15-16-47-28-18-23(10-12-27(28)46-3)33(44)35-13-14-41(19-29(43)38-30)34(45)24-9-11-25-26(17-24)37-20-36-25/h4-12,17-18,20-21,30H,13-16,19H2,1-3H3,(H,35,44)(H,36,37)(H,38,43)/t30-/m1/s1. The zero-order valence-electron chi connectivity index (χ0n) is 26.4. The van der Waals surface area contributed by atoms with Gasteiger partial charge < -0.3 is 30.0 Å². The molecule has 0 saturated carbocycles. The molecule has 0 spiro atoms. The predicted octanol–water partition coefficient (Wildman–Crippen LogP) is 3.61. The first kappa shape index (κ1) is 31.3. The molecule has 242 valence electrons. The van der Waals surface area contributed by atoms with Gasteiger partial charge in [0.15, 0.2) is 23.1 Å². The molecule has 0 saturated heterocycles. The first-order valence-electron chi connectivity index (χ1n) is 15.4. The molecule has 1 aliphatic rings. The van der Waals surface area contributed by atoms with E-state index >= 15 is 0 Å². The lowest BCUT2D eigenvalue weighted by atomic mass is 10.0. The summed E-state index contributed by atoms with van der Waals surface area (Å²) in [4.78, 5) is 54.2. The number of benzene rings is 3. The number of carbonyl (C=O) groups is 3. The van der Waals surface area contributed by atoms with Gasteiger partial charge in [-0.15, -0.1) is 0 Å². The van der Waals surface area contributed by atoms with E-state index in [1.165, 1.54) is 12.0 Å². The third kappa shape index (κ3) is 6.93. The second kappa shape index (κ2) is 13.7. The third-order valence-corrected chi connectivity index (χ3v) is 7.94. The Labute approximate surface area is 271 Å². The number of methoxy groups -OCH3 is 1. The van der Waals surface area contributed by atoms with Crippen LogP contribution >= 0.6 is 0 Å². The number of rotatable bonds is 4. The lowest BCUT2D eigenvalue weighted by molar-refractivity contribution is -0.123. The van der Waals surface area contributed by atoms with Gasteiger partial charge in [0.05, 0.1) is 43.6 Å². The molecule has 0 aliphatic carbocycles. The van der Waals surface area contributed by atoms with Gasteiger partial charge in [-0.3, -0.25) is 14.4 Å². The number of carbonyl (C=O) groups excluding carboxylic acids is 3. The van der Waals surface area contributed by atoms with Gasteiger partial charge in [-0.1, -0.05) is 44.2 Å². The second-order valence-corrected chi connectivity index (χ2v) is 11.5. The van der Waals surface area contributed by atoms with Gasteiger partial charge in [0.2, 0.25) is 5.91 Å². The molecule has 0 radical (unpaired) electrons. The van der Waals surface area contributed by atoms with E-state index in [0.717, 1.165) is 11.1 Å². The summed E-state index contributed by atoms with van der Waals surface area (Å²) in [5, 5.41) is 10.8. The molecule has 6 rings (SSSR count). The van der Waals surface area contributed by atoms with Crippen molar-refractivity contribution in [2.24, 2.45) is 5.92 Å². The van der Waals surface area contributed by atoms with Gasteiger partial charge in [0.1, 0.15) is 6.61 Å². The molecule has 5 aromatic rings. The topological polar surface area (TPSA) is 156 Å². The maximum atomic E-state index is 13.8. The molecule has 0 fully saturated rings. The van der Waals surface area contributed by atoms with Crippen LogP contribution in [-0.2, 0) is 11.3 Å². The molecule has 2 aromatic heterocycles. The Hall–Kier alpha value is -5.72. The number of H-pyrrole nitrogens is 1. The summed E-state index contributed by atoms with van der Waals surface area (Å²) in [6, 6.07) is 19.1. The Morgan fingerprint density at radius 1 is 1.02 bits per heavy atom. The number of nitrogens with one attached hydrogen (secondary N) is 3. The summed E-state index contributed by atoms with van der Waals surface area (Å²) < 4.78 is 13.3. The fourth-order valence-electron chi connectivity index (χ4n) is 5.46. The molecule has 3 heterocycles. The minimum Gasteiger partial charge on any atom is -0.493 e. The SMILES string of the molecule is COc1ccc2cc1OCCn1nc(-c3ccccc3)nc1[C@@H](C(C)C)NC(=O)CN(C(=O)c1ccc3nc[nH]c3c1)CCNC2=O. The highest BCUT2D eigenvalue weighted by molar-refractivity contribution is 5.99. The normalized spacial score (nSPS) is 16.2. The van der Waals surface area contributed by atoms with E-state index in [4.69, 9.17) is 19.6 Å². The van der Waals surface area contributed by atoms with Crippen molar-refractivity contribution in [3.8, 4) is 22.9 Å². The van der Waals surface area contributed by atoms with Gasteiger partial charge in [-0.25, -0.2) is 14.6 Å². The smallest absolute Gasteiger partial charge is 0.254 e. The highest BCUT2D eigenvalue weighted by Gasteiger charge is 2.28. The molecule has 13 nitrogen and oxygen atoms in total. The Morgan fingerprint density at radius 2 is 1.85 bits per heavy atom. The summed E-state index contributed by atoms with van der Waals surface area (Å²) >= 11 is 0. The molecule has 3 N–H and O–H groups in total. The van der Waals surface area contributed by atoms with E-state index in [1.54, 1.807) is 47.4 Å². The van der Waals surface area contributed by atoms with Gasteiger partial charge in [-0.2, -0.15) is 5.10 Å². The number of imidazole rings is 1. The molecule has 3 aromatic carbocycles. The fourth-order valence-corrected chi connectivity index (χ4v) is 5.46. The predicted molar refractivity (Wildman–Crippen MR) is 174 cm³/mol. The minimum atomic E-state index is -0.529. The summed E-state index contributed by atoms with van der Waals surface area (Å²) in [7, 11) is 1.53. The Balaban J connectivity index is 1.37. The second-order valence-electron chi connectivity index (χ2n) is 11.5. The Morgan fingerprint density at radius 3 is 2.64 bits per heavy atom. The van der Waals surface area contributed by atoms with Crippen LogP contribution in [-0.4, -0.2) is 80.7 Å². The average molecular weight is 637 g/mol. The van der Waals surface area contributed by atoms with Crippen LogP contribution in [0.3, 0.4) is 0 Å². The summed E-state index contributed by atoms with van der Waals surface area (Å²) in [5.41, 5.74) is 2.99. The molecular formula is C34H36N8O5. The van der Waals surface area contributed by atoms with Crippen molar-refractivity contribution in [3.63, 3.8) is 0 Å². The first-order valence-corrected chi connectivity index (χ1v) is 15.4. The van der Waals surface area contributed by atoms with Crippen LogP contribution in [0, 0.1) is 5.92 Å². The monoisotopic (exact) mass is 636 g/mol. The van der Waals surface area contributed by atoms with Gasteiger partial charge in [0.25, 0.3) is 11.8 Å². The Kier molecular flexibility index (Phi) is 9.13. The number of hydrogen-bond donors (Lipinski definition) is 3. The van der Waals surface area contributed by atoms with Crippen molar-refractivity contribution in [1.29, 1.82) is 0 Å². The quantitative estimate of drug-likeness (QED) is 0.270. The molecular weight excluding hydrogens is 600 g/mol. The van der Waals surface area contributed by atoms with Gasteiger partial charge in [-0.05, 0) is 42.3 Å². The summed E-state index contributed by atoms with van der Waals surface area (Å²) in [5.74, 6) is 0.770. The lowest BCUT2D eigenvalue weighted by Gasteiger charge is -2.26. The van der Waals surface area contributed by atoms with Gasteiger partial charge in [0, 0.05) is 29.8 Å². The molecule has 2 bridgehead atoms. The number of hydrogen-bond acceptors (Lipinski definition) is 8. The van der Waals surface area contributed by atoms with E-state index in [2.05, 4.69) is 20.6 Å². The molecule has 0 unspecified atom stereocenters. The third-order valence-electron chi connectivity index (χ3n) is 7.94. The lowest BCUT2D eigenvalue weighted by Crippen LogP contribution is -2.46. The number of ether oxygens (including phenoxy) is 2. The van der Waals surface area contributed by atoms with Crippen LogP contribution in [0.5, 0.6) is 11.5 Å². The minimum absolute atomic E-state index is 0.0727. The van der Waals surface area contributed by atoms with Crippen LogP contribution in [0.4, 0.5) is 0 Å². The summed E-state index contributed by atoms with van der Waals surface area (Å²) in [6.45, 7) is 4.41. The first-order chi connectivity index (χ1) is 22.8. The fraction of sp³-hybridized carbons (Fsp3) is 0.294. The van der Waals surface area contributed by atoms with Crippen LogP contribution < -0.4 is 20.1 Å². The van der Waals surface area contributed by atoms with Crippen LogP contribution in [0.25, 0.3) is 22.4 Å². The number of amides is 3. The molecule has 47 heavy (non-hydrogen) atoms. The highest BCUT2D eigenvalue weighted by atomic mass is 16.5. The van der Waals surface area contributed by atoms with E-state index in [-0.39, 0.29) is 49.9 Å². The van der Waals surface area contributed by atoms with E-state index in [9.17, 15) is 14.4 Å². The van der Waals surface area contributed by atoms with Crippen LogP contribution in [0.2, 0.25) is 0 Å². The van der Waals surface area contributed by atoms with E-state index in [0.29, 0.717) is 46.3 Å². The molecule has 3 amide bonds. The van der Waals surface area contributed by atoms with Crippen LogP contribution in [0.15, 0.2) is 73.1 Å². The van der Waals surface area contributed by atoms with Crippen molar-refractivity contribution in [2.45, 2.75) is 26.4 Å². The van der Waals surface area contributed by atoms with Crippen molar-refractivity contribution in [3.05, 3.63) is 90.0 Å². The van der Waals surface area contributed by atoms with Crippen LogP contribution in [0.1, 0.15) is 46.4 Å². The zero-order valence-corrected chi connectivity index (χ0v) is 26.4. The number of fused-ring (bicyclic) bond motifs is 4. The molecule has 13 heteroatoms. The maximum Gasteiger partial charge on any atom is 0.254 e.